The maximum Gasteiger partial charge on any atom is 0.124 e. The van der Waals surface area contributed by atoms with Crippen molar-refractivity contribution in [3.05, 3.63) is 34.6 Å². The predicted molar refractivity (Wildman–Crippen MR) is 79.2 cm³/mol. The third kappa shape index (κ3) is 3.93. The van der Waals surface area contributed by atoms with Crippen LogP contribution in [0.15, 0.2) is 18.2 Å². The molecule has 0 unspecified atom stereocenters. The molecule has 0 bridgehead atoms. The average Bonchev–Trinajstić information content (AvgIpc) is 2.23. The van der Waals surface area contributed by atoms with Crippen molar-refractivity contribution >= 4 is 11.6 Å². The standard InChI is InChI=1S/C16H23ClFN/c1-15(2,3)19-11-16(7-4-8-16)10-12-5-6-13(18)9-14(12)17/h5-6,9,19H,4,7-8,10-11H2,1-3H3. The molecule has 0 radical (unpaired) electrons. The van der Waals surface area contributed by atoms with E-state index in [2.05, 4.69) is 26.1 Å². The van der Waals surface area contributed by atoms with Gasteiger partial charge in [-0.2, -0.15) is 0 Å². The number of hydrogen-bond acceptors (Lipinski definition) is 1. The number of hydrogen-bond donors (Lipinski definition) is 1. The van der Waals surface area contributed by atoms with Gasteiger partial charge in [0.15, 0.2) is 0 Å². The maximum absolute atomic E-state index is 13.1. The van der Waals surface area contributed by atoms with Crippen molar-refractivity contribution in [3.63, 3.8) is 0 Å². The van der Waals surface area contributed by atoms with E-state index in [9.17, 15) is 4.39 Å². The van der Waals surface area contributed by atoms with Crippen LogP contribution in [0.4, 0.5) is 4.39 Å². The molecule has 0 amide bonds. The van der Waals surface area contributed by atoms with Crippen LogP contribution in [0.5, 0.6) is 0 Å². The smallest absolute Gasteiger partial charge is 0.124 e. The van der Waals surface area contributed by atoms with E-state index in [1.807, 2.05) is 6.07 Å². The lowest BCUT2D eigenvalue weighted by Crippen LogP contribution is -2.48. The molecule has 0 aliphatic heterocycles. The first-order valence-corrected chi connectivity index (χ1v) is 7.37. The molecule has 1 aliphatic rings. The second-order valence-electron chi connectivity index (χ2n) is 6.87. The second-order valence-corrected chi connectivity index (χ2v) is 7.28. The number of halogens is 2. The van der Waals surface area contributed by atoms with E-state index in [1.165, 1.54) is 31.4 Å². The second kappa shape index (κ2) is 5.41. The molecule has 1 nitrogen and oxygen atoms in total. The van der Waals surface area contributed by atoms with Crippen LogP contribution in [0.2, 0.25) is 5.02 Å². The number of nitrogens with one attached hydrogen (secondary N) is 1. The van der Waals surface area contributed by atoms with Gasteiger partial charge in [-0.05, 0) is 63.1 Å². The van der Waals surface area contributed by atoms with Crippen molar-refractivity contribution in [2.75, 3.05) is 6.54 Å². The Morgan fingerprint density at radius 1 is 1.32 bits per heavy atom. The molecule has 1 fully saturated rings. The SMILES string of the molecule is CC(C)(C)NCC1(Cc2ccc(F)cc2Cl)CCC1. The third-order valence-corrected chi connectivity index (χ3v) is 4.34. The van der Waals surface area contributed by atoms with Gasteiger partial charge in [0.05, 0.1) is 0 Å². The van der Waals surface area contributed by atoms with Gasteiger partial charge in [-0.25, -0.2) is 4.39 Å². The summed E-state index contributed by atoms with van der Waals surface area (Å²) < 4.78 is 13.1. The fourth-order valence-electron chi connectivity index (χ4n) is 2.61. The van der Waals surface area contributed by atoms with Gasteiger partial charge in [0.25, 0.3) is 0 Å². The minimum Gasteiger partial charge on any atom is -0.312 e. The van der Waals surface area contributed by atoms with Gasteiger partial charge in [0.1, 0.15) is 5.82 Å². The Hall–Kier alpha value is -0.600. The van der Waals surface area contributed by atoms with Gasteiger partial charge in [-0.1, -0.05) is 24.1 Å². The monoisotopic (exact) mass is 283 g/mol. The summed E-state index contributed by atoms with van der Waals surface area (Å²) in [6.07, 6.45) is 4.67. The highest BCUT2D eigenvalue weighted by Gasteiger charge is 2.37. The molecule has 1 saturated carbocycles. The zero-order valence-electron chi connectivity index (χ0n) is 12.0. The highest BCUT2D eigenvalue weighted by Crippen LogP contribution is 2.44. The van der Waals surface area contributed by atoms with Gasteiger partial charge in [0.2, 0.25) is 0 Å². The molecule has 1 N–H and O–H groups in total. The summed E-state index contributed by atoms with van der Waals surface area (Å²) in [5.41, 5.74) is 1.50. The minimum absolute atomic E-state index is 0.134. The first-order valence-electron chi connectivity index (χ1n) is 6.99. The Labute approximate surface area is 120 Å². The largest absolute Gasteiger partial charge is 0.312 e. The van der Waals surface area contributed by atoms with E-state index in [1.54, 1.807) is 0 Å². The van der Waals surface area contributed by atoms with Crippen molar-refractivity contribution < 1.29 is 4.39 Å². The fourth-order valence-corrected chi connectivity index (χ4v) is 2.85. The summed E-state index contributed by atoms with van der Waals surface area (Å²) in [4.78, 5) is 0. The molecule has 1 aromatic carbocycles. The lowest BCUT2D eigenvalue weighted by molar-refractivity contribution is 0.118. The molecule has 0 aromatic heterocycles. The lowest BCUT2D eigenvalue weighted by Gasteiger charge is -2.44. The van der Waals surface area contributed by atoms with E-state index in [0.29, 0.717) is 10.4 Å². The van der Waals surface area contributed by atoms with Gasteiger partial charge < -0.3 is 5.32 Å². The first kappa shape index (κ1) is 14.8. The Morgan fingerprint density at radius 3 is 2.47 bits per heavy atom. The van der Waals surface area contributed by atoms with Crippen LogP contribution in [0.25, 0.3) is 0 Å². The molecule has 0 heterocycles. The molecule has 19 heavy (non-hydrogen) atoms. The Morgan fingerprint density at radius 2 is 2.00 bits per heavy atom. The quantitative estimate of drug-likeness (QED) is 0.853. The van der Waals surface area contributed by atoms with Crippen LogP contribution in [0, 0.1) is 11.2 Å². The molecule has 3 heteroatoms. The highest BCUT2D eigenvalue weighted by atomic mass is 35.5. The molecule has 106 valence electrons. The first-order chi connectivity index (χ1) is 8.80. The van der Waals surface area contributed by atoms with Crippen LogP contribution in [0.3, 0.4) is 0 Å². The Balaban J connectivity index is 2.06. The third-order valence-electron chi connectivity index (χ3n) is 3.99. The minimum atomic E-state index is -0.260. The fraction of sp³-hybridized carbons (Fsp3) is 0.625. The predicted octanol–water partition coefficient (Wildman–Crippen LogP) is 4.58. The molecular formula is C16H23ClFN. The van der Waals surface area contributed by atoms with E-state index in [4.69, 9.17) is 11.6 Å². The van der Waals surface area contributed by atoms with Gasteiger partial charge >= 0.3 is 0 Å². The molecule has 1 aliphatic carbocycles. The number of rotatable bonds is 4. The van der Waals surface area contributed by atoms with E-state index in [-0.39, 0.29) is 11.4 Å². The summed E-state index contributed by atoms with van der Waals surface area (Å²) >= 11 is 6.15. The van der Waals surface area contributed by atoms with Crippen molar-refractivity contribution in [2.45, 2.75) is 52.0 Å². The summed E-state index contributed by atoms with van der Waals surface area (Å²) in [5, 5.41) is 4.16. The van der Waals surface area contributed by atoms with Crippen LogP contribution in [0.1, 0.15) is 45.6 Å². The molecule has 2 rings (SSSR count). The molecule has 0 saturated heterocycles. The van der Waals surface area contributed by atoms with Crippen molar-refractivity contribution in [2.24, 2.45) is 5.41 Å². The summed E-state index contributed by atoms with van der Waals surface area (Å²) in [5.74, 6) is -0.260. The summed E-state index contributed by atoms with van der Waals surface area (Å²) in [7, 11) is 0. The Bertz CT molecular complexity index is 447. The maximum atomic E-state index is 13.1. The topological polar surface area (TPSA) is 12.0 Å². The molecule has 1 aromatic rings. The van der Waals surface area contributed by atoms with Crippen LogP contribution < -0.4 is 5.32 Å². The van der Waals surface area contributed by atoms with Crippen LogP contribution in [-0.2, 0) is 6.42 Å². The van der Waals surface area contributed by atoms with Crippen molar-refractivity contribution in [1.29, 1.82) is 0 Å². The molecule has 0 spiro atoms. The number of benzene rings is 1. The lowest BCUT2D eigenvalue weighted by atomic mass is 9.65. The normalized spacial score (nSPS) is 18.2. The summed E-state index contributed by atoms with van der Waals surface area (Å²) in [6.45, 7) is 7.56. The van der Waals surface area contributed by atoms with Crippen LogP contribution in [-0.4, -0.2) is 12.1 Å². The average molecular weight is 284 g/mol. The molecule has 0 atom stereocenters. The molecular weight excluding hydrogens is 261 g/mol. The van der Waals surface area contributed by atoms with Crippen molar-refractivity contribution in [1.82, 2.24) is 5.32 Å². The van der Waals surface area contributed by atoms with Gasteiger partial charge in [-0.15, -0.1) is 0 Å². The van der Waals surface area contributed by atoms with E-state index >= 15 is 0 Å². The van der Waals surface area contributed by atoms with Crippen molar-refractivity contribution in [3.8, 4) is 0 Å². The summed E-state index contributed by atoms with van der Waals surface area (Å²) in [6, 6.07) is 4.75. The Kier molecular flexibility index (Phi) is 4.22. The zero-order chi connectivity index (χ0) is 14.1. The highest BCUT2D eigenvalue weighted by molar-refractivity contribution is 6.31. The van der Waals surface area contributed by atoms with Crippen LogP contribution >= 0.6 is 11.6 Å². The van der Waals surface area contributed by atoms with E-state index in [0.717, 1.165) is 18.5 Å². The van der Waals surface area contributed by atoms with Gasteiger partial charge in [-0.3, -0.25) is 0 Å². The van der Waals surface area contributed by atoms with E-state index < -0.39 is 0 Å². The van der Waals surface area contributed by atoms with Gasteiger partial charge in [0, 0.05) is 17.1 Å². The zero-order valence-corrected chi connectivity index (χ0v) is 12.8.